The predicted molar refractivity (Wildman–Crippen MR) is 70.4 cm³/mol. The van der Waals surface area contributed by atoms with Crippen LogP contribution in [0.2, 0.25) is 0 Å². The maximum atomic E-state index is 8.92. The molecular formula is C13H20ClNO2. The van der Waals surface area contributed by atoms with E-state index in [2.05, 4.69) is 0 Å². The van der Waals surface area contributed by atoms with Gasteiger partial charge in [0.15, 0.2) is 0 Å². The monoisotopic (exact) mass is 257 g/mol. The van der Waals surface area contributed by atoms with E-state index in [1.165, 1.54) is 5.56 Å². The van der Waals surface area contributed by atoms with Crippen LogP contribution in [0.5, 0.6) is 0 Å². The Bertz CT molecular complexity index is 310. The lowest BCUT2D eigenvalue weighted by atomic mass is 10.1. The van der Waals surface area contributed by atoms with E-state index in [4.69, 9.17) is 21.8 Å². The van der Waals surface area contributed by atoms with Crippen LogP contribution in [0.1, 0.15) is 16.5 Å². The van der Waals surface area contributed by atoms with Crippen molar-refractivity contribution >= 4 is 11.6 Å². The van der Waals surface area contributed by atoms with Crippen LogP contribution in [0.25, 0.3) is 0 Å². The van der Waals surface area contributed by atoms with E-state index in [0.29, 0.717) is 19.6 Å². The van der Waals surface area contributed by atoms with Gasteiger partial charge in [-0.15, -0.1) is 11.6 Å². The average molecular weight is 258 g/mol. The molecule has 0 saturated heterocycles. The Hall–Kier alpha value is -0.610. The fourth-order valence-electron chi connectivity index (χ4n) is 1.68. The van der Waals surface area contributed by atoms with Gasteiger partial charge in [-0.1, -0.05) is 29.8 Å². The standard InChI is InChI=1S/C13H20ClNO2/c1-11-2-4-12(5-3-11)13(14)10-15(6-8-16)7-9-17/h2-5,13,16-17H,6-10H2,1H3. The topological polar surface area (TPSA) is 43.7 Å². The van der Waals surface area contributed by atoms with Gasteiger partial charge < -0.3 is 10.2 Å². The van der Waals surface area contributed by atoms with E-state index in [9.17, 15) is 0 Å². The summed E-state index contributed by atoms with van der Waals surface area (Å²) in [5, 5.41) is 17.7. The molecule has 1 unspecified atom stereocenters. The highest BCUT2D eigenvalue weighted by atomic mass is 35.5. The second kappa shape index (κ2) is 7.67. The Morgan fingerprint density at radius 3 is 2.12 bits per heavy atom. The quantitative estimate of drug-likeness (QED) is 0.729. The van der Waals surface area contributed by atoms with Crippen molar-refractivity contribution in [2.24, 2.45) is 0 Å². The third kappa shape index (κ3) is 5.04. The zero-order valence-corrected chi connectivity index (χ0v) is 10.9. The molecular weight excluding hydrogens is 238 g/mol. The van der Waals surface area contributed by atoms with Gasteiger partial charge in [0.25, 0.3) is 0 Å². The largest absolute Gasteiger partial charge is 0.395 e. The first kappa shape index (κ1) is 14.5. The summed E-state index contributed by atoms with van der Waals surface area (Å²) < 4.78 is 0. The number of nitrogens with zero attached hydrogens (tertiary/aromatic N) is 1. The van der Waals surface area contributed by atoms with Crippen molar-refractivity contribution in [3.8, 4) is 0 Å². The van der Waals surface area contributed by atoms with Crippen molar-refractivity contribution in [1.29, 1.82) is 0 Å². The van der Waals surface area contributed by atoms with Gasteiger partial charge in [-0.2, -0.15) is 0 Å². The van der Waals surface area contributed by atoms with Gasteiger partial charge in [-0.05, 0) is 12.5 Å². The molecule has 0 aliphatic carbocycles. The first-order valence-electron chi connectivity index (χ1n) is 5.82. The van der Waals surface area contributed by atoms with Crippen LogP contribution in [0.15, 0.2) is 24.3 Å². The number of hydrogen-bond donors (Lipinski definition) is 2. The Morgan fingerprint density at radius 1 is 1.12 bits per heavy atom. The highest BCUT2D eigenvalue weighted by Gasteiger charge is 2.12. The smallest absolute Gasteiger partial charge is 0.0712 e. The van der Waals surface area contributed by atoms with Crippen LogP contribution < -0.4 is 0 Å². The summed E-state index contributed by atoms with van der Waals surface area (Å²) in [7, 11) is 0. The molecule has 0 saturated carbocycles. The van der Waals surface area contributed by atoms with Gasteiger partial charge in [0.2, 0.25) is 0 Å². The predicted octanol–water partition coefficient (Wildman–Crippen LogP) is 1.56. The lowest BCUT2D eigenvalue weighted by Crippen LogP contribution is -2.32. The van der Waals surface area contributed by atoms with E-state index < -0.39 is 0 Å². The van der Waals surface area contributed by atoms with Gasteiger partial charge in [0.05, 0.1) is 18.6 Å². The second-order valence-electron chi connectivity index (χ2n) is 4.13. The molecule has 4 heteroatoms. The molecule has 0 aromatic heterocycles. The Kier molecular flexibility index (Phi) is 6.52. The molecule has 17 heavy (non-hydrogen) atoms. The number of benzene rings is 1. The molecule has 1 rings (SSSR count). The summed E-state index contributed by atoms with van der Waals surface area (Å²) in [4.78, 5) is 1.96. The third-order valence-electron chi connectivity index (χ3n) is 2.69. The normalized spacial score (nSPS) is 13.0. The van der Waals surface area contributed by atoms with Gasteiger partial charge in [-0.3, -0.25) is 4.90 Å². The third-order valence-corrected chi connectivity index (χ3v) is 3.08. The number of alkyl halides is 1. The van der Waals surface area contributed by atoms with Crippen molar-refractivity contribution in [1.82, 2.24) is 4.90 Å². The van der Waals surface area contributed by atoms with Crippen LogP contribution >= 0.6 is 11.6 Å². The van der Waals surface area contributed by atoms with Crippen LogP contribution in [0.4, 0.5) is 0 Å². The summed E-state index contributed by atoms with van der Waals surface area (Å²) in [6, 6.07) is 8.10. The molecule has 0 fully saturated rings. The lowest BCUT2D eigenvalue weighted by Gasteiger charge is -2.23. The van der Waals surface area contributed by atoms with E-state index in [-0.39, 0.29) is 18.6 Å². The minimum atomic E-state index is -0.117. The average Bonchev–Trinajstić information content (AvgIpc) is 2.30. The van der Waals surface area contributed by atoms with Crippen molar-refractivity contribution in [2.75, 3.05) is 32.8 Å². The molecule has 0 aliphatic rings. The Labute approximate surface area is 108 Å². The molecule has 0 spiro atoms. The van der Waals surface area contributed by atoms with Gasteiger partial charge >= 0.3 is 0 Å². The molecule has 0 heterocycles. The van der Waals surface area contributed by atoms with Crippen LogP contribution in [0, 0.1) is 6.92 Å². The van der Waals surface area contributed by atoms with Crippen molar-refractivity contribution < 1.29 is 10.2 Å². The molecule has 0 amide bonds. The van der Waals surface area contributed by atoms with E-state index in [1.807, 2.05) is 36.1 Å². The van der Waals surface area contributed by atoms with Gasteiger partial charge in [-0.25, -0.2) is 0 Å². The summed E-state index contributed by atoms with van der Waals surface area (Å²) >= 11 is 6.32. The van der Waals surface area contributed by atoms with Crippen molar-refractivity contribution in [3.63, 3.8) is 0 Å². The number of aliphatic hydroxyl groups excluding tert-OH is 2. The molecule has 1 aromatic rings. The SMILES string of the molecule is Cc1ccc(C(Cl)CN(CCO)CCO)cc1. The number of aryl methyl sites for hydroxylation is 1. The number of halogens is 1. The Balaban J connectivity index is 2.56. The molecule has 2 N–H and O–H groups in total. The summed E-state index contributed by atoms with van der Waals surface area (Å²) in [6.07, 6.45) is 0. The highest BCUT2D eigenvalue weighted by Crippen LogP contribution is 2.21. The fourth-order valence-corrected chi connectivity index (χ4v) is 2.03. The van der Waals surface area contributed by atoms with Crippen molar-refractivity contribution in [3.05, 3.63) is 35.4 Å². The van der Waals surface area contributed by atoms with Crippen molar-refractivity contribution in [2.45, 2.75) is 12.3 Å². The van der Waals surface area contributed by atoms with Gasteiger partial charge in [0, 0.05) is 19.6 Å². The summed E-state index contributed by atoms with van der Waals surface area (Å²) in [5.41, 5.74) is 2.28. The molecule has 1 aromatic carbocycles. The van der Waals surface area contributed by atoms with Crippen LogP contribution in [-0.2, 0) is 0 Å². The summed E-state index contributed by atoms with van der Waals surface area (Å²) in [5.74, 6) is 0. The zero-order chi connectivity index (χ0) is 12.7. The van der Waals surface area contributed by atoms with E-state index >= 15 is 0 Å². The summed E-state index contributed by atoms with van der Waals surface area (Å²) in [6.45, 7) is 3.91. The maximum Gasteiger partial charge on any atom is 0.0712 e. The Morgan fingerprint density at radius 2 is 1.65 bits per heavy atom. The fraction of sp³-hybridized carbons (Fsp3) is 0.538. The molecule has 96 valence electrons. The maximum absolute atomic E-state index is 8.92. The second-order valence-corrected chi connectivity index (χ2v) is 4.65. The number of aliphatic hydroxyl groups is 2. The highest BCUT2D eigenvalue weighted by molar-refractivity contribution is 6.21. The lowest BCUT2D eigenvalue weighted by molar-refractivity contribution is 0.161. The number of rotatable bonds is 7. The number of hydrogen-bond acceptors (Lipinski definition) is 3. The first-order chi connectivity index (χ1) is 8.17. The molecule has 1 atom stereocenters. The minimum Gasteiger partial charge on any atom is -0.395 e. The first-order valence-corrected chi connectivity index (χ1v) is 6.25. The van der Waals surface area contributed by atoms with Gasteiger partial charge in [0.1, 0.15) is 0 Å². The molecule has 0 aliphatic heterocycles. The van der Waals surface area contributed by atoms with E-state index in [1.54, 1.807) is 0 Å². The van der Waals surface area contributed by atoms with Crippen LogP contribution in [-0.4, -0.2) is 48.0 Å². The zero-order valence-electron chi connectivity index (χ0n) is 10.1. The van der Waals surface area contributed by atoms with E-state index in [0.717, 1.165) is 5.56 Å². The molecule has 3 nitrogen and oxygen atoms in total. The van der Waals surface area contributed by atoms with Crippen LogP contribution in [0.3, 0.4) is 0 Å². The minimum absolute atomic E-state index is 0.0809. The molecule has 0 radical (unpaired) electrons. The molecule has 0 bridgehead atoms.